The molecule has 1 fully saturated rings. The van der Waals surface area contributed by atoms with Gasteiger partial charge in [0.2, 0.25) is 5.91 Å². The summed E-state index contributed by atoms with van der Waals surface area (Å²) in [7, 11) is 0. The minimum absolute atomic E-state index is 0.00230. The predicted molar refractivity (Wildman–Crippen MR) is 111 cm³/mol. The summed E-state index contributed by atoms with van der Waals surface area (Å²) >= 11 is 0. The van der Waals surface area contributed by atoms with E-state index >= 15 is 0 Å². The van der Waals surface area contributed by atoms with Crippen LogP contribution in [-0.2, 0) is 11.3 Å². The molecule has 2 aliphatic rings. The molecule has 0 spiro atoms. The number of amides is 1. The van der Waals surface area contributed by atoms with Crippen molar-refractivity contribution < 1.29 is 14.0 Å². The van der Waals surface area contributed by atoms with Gasteiger partial charge in [0.1, 0.15) is 12.0 Å². The van der Waals surface area contributed by atoms with Gasteiger partial charge in [0.15, 0.2) is 5.78 Å². The number of alkyl halides is 1. The monoisotopic (exact) mass is 405 g/mol. The van der Waals surface area contributed by atoms with Gasteiger partial charge in [-0.3, -0.25) is 9.59 Å². The standard InChI is InChI=1S/C22H20FN5O2/c23-15-9-14(15)22(30)28-18-8-12(6-7-25-18)20-21(26-13-4-2-1-3-5-13)19-16(27-20)10-24-11-17(19)29/h1-8,14-15,24,26-27H,9-11H2,(H,25,28,30)/t14-,15?/m0/s1. The number of aromatic nitrogens is 2. The fourth-order valence-electron chi connectivity index (χ4n) is 3.70. The number of fused-ring (bicyclic) bond motifs is 1. The van der Waals surface area contributed by atoms with Gasteiger partial charge in [0, 0.05) is 29.7 Å². The molecule has 152 valence electrons. The van der Waals surface area contributed by atoms with E-state index in [0.717, 1.165) is 22.6 Å². The summed E-state index contributed by atoms with van der Waals surface area (Å²) in [5.74, 6) is -0.603. The normalized spacial score (nSPS) is 19.8. The molecule has 1 aliphatic carbocycles. The first-order valence-electron chi connectivity index (χ1n) is 9.82. The van der Waals surface area contributed by atoms with Crippen molar-refractivity contribution in [1.82, 2.24) is 15.3 Å². The lowest BCUT2D eigenvalue weighted by atomic mass is 10.0. The lowest BCUT2D eigenvalue weighted by molar-refractivity contribution is -0.117. The van der Waals surface area contributed by atoms with Crippen LogP contribution in [0.1, 0.15) is 22.5 Å². The fraction of sp³-hybridized carbons (Fsp3) is 0.227. The molecule has 1 aromatic carbocycles. The second kappa shape index (κ2) is 7.38. The number of H-pyrrole nitrogens is 1. The number of carbonyl (C=O) groups is 2. The van der Waals surface area contributed by atoms with Gasteiger partial charge in [-0.25, -0.2) is 9.37 Å². The van der Waals surface area contributed by atoms with Crippen molar-refractivity contribution in [1.29, 1.82) is 0 Å². The molecule has 1 aliphatic heterocycles. The highest BCUT2D eigenvalue weighted by Crippen LogP contribution is 2.38. The SMILES string of the molecule is O=C1CNCc2[nH]c(-c3ccnc(NC(=O)[C@H]4CC4F)c3)c(Nc3ccccc3)c21. The van der Waals surface area contributed by atoms with E-state index in [1.165, 1.54) is 0 Å². The zero-order valence-corrected chi connectivity index (χ0v) is 16.0. The number of halogens is 1. The maximum atomic E-state index is 13.2. The molecule has 5 rings (SSSR count). The van der Waals surface area contributed by atoms with Gasteiger partial charge >= 0.3 is 0 Å². The number of nitrogens with zero attached hydrogens (tertiary/aromatic N) is 1. The van der Waals surface area contributed by atoms with E-state index in [2.05, 4.69) is 25.9 Å². The third-order valence-corrected chi connectivity index (χ3v) is 5.34. The van der Waals surface area contributed by atoms with Crippen LogP contribution in [0.2, 0.25) is 0 Å². The van der Waals surface area contributed by atoms with Crippen LogP contribution in [0.5, 0.6) is 0 Å². The van der Waals surface area contributed by atoms with Gasteiger partial charge < -0.3 is 20.9 Å². The lowest BCUT2D eigenvalue weighted by Crippen LogP contribution is -2.29. The Morgan fingerprint density at radius 1 is 1.17 bits per heavy atom. The third-order valence-electron chi connectivity index (χ3n) is 5.34. The van der Waals surface area contributed by atoms with Gasteiger partial charge in [-0.05, 0) is 30.7 Å². The van der Waals surface area contributed by atoms with Crippen molar-refractivity contribution in [2.45, 2.75) is 19.1 Å². The minimum atomic E-state index is -1.07. The smallest absolute Gasteiger partial charge is 0.231 e. The number of para-hydroxylation sites is 1. The number of ketones is 1. The topological polar surface area (TPSA) is 98.9 Å². The number of hydrogen-bond acceptors (Lipinski definition) is 5. The number of benzene rings is 1. The zero-order chi connectivity index (χ0) is 20.7. The zero-order valence-electron chi connectivity index (χ0n) is 16.0. The Kier molecular flexibility index (Phi) is 4.55. The maximum Gasteiger partial charge on any atom is 0.231 e. The average Bonchev–Trinajstić information content (AvgIpc) is 3.37. The van der Waals surface area contributed by atoms with Crippen molar-refractivity contribution in [3.8, 4) is 11.3 Å². The number of hydrogen-bond donors (Lipinski definition) is 4. The van der Waals surface area contributed by atoms with E-state index in [9.17, 15) is 14.0 Å². The Balaban J connectivity index is 1.53. The third kappa shape index (κ3) is 3.46. The Labute approximate surface area is 172 Å². The van der Waals surface area contributed by atoms with Crippen LogP contribution in [0, 0.1) is 5.92 Å². The van der Waals surface area contributed by atoms with E-state index in [0.29, 0.717) is 23.6 Å². The van der Waals surface area contributed by atoms with Gasteiger partial charge in [-0.1, -0.05) is 18.2 Å². The summed E-state index contributed by atoms with van der Waals surface area (Å²) in [6, 6.07) is 13.1. The van der Waals surface area contributed by atoms with Crippen molar-refractivity contribution in [3.05, 3.63) is 59.9 Å². The predicted octanol–water partition coefficient (Wildman–Crippen LogP) is 3.40. The minimum Gasteiger partial charge on any atom is -0.355 e. The van der Waals surface area contributed by atoms with Crippen molar-refractivity contribution in [3.63, 3.8) is 0 Å². The molecule has 7 nitrogen and oxygen atoms in total. The molecule has 8 heteroatoms. The highest BCUT2D eigenvalue weighted by Gasteiger charge is 2.43. The first-order chi connectivity index (χ1) is 14.6. The number of aromatic amines is 1. The largest absolute Gasteiger partial charge is 0.355 e. The fourth-order valence-corrected chi connectivity index (χ4v) is 3.70. The first kappa shape index (κ1) is 18.5. The van der Waals surface area contributed by atoms with E-state index in [1.807, 2.05) is 30.3 Å². The molecule has 2 atom stereocenters. The van der Waals surface area contributed by atoms with Gasteiger partial charge in [0.05, 0.1) is 29.4 Å². The van der Waals surface area contributed by atoms with Crippen LogP contribution < -0.4 is 16.0 Å². The summed E-state index contributed by atoms with van der Waals surface area (Å²) in [5, 5.41) is 9.14. The van der Waals surface area contributed by atoms with E-state index in [1.54, 1.807) is 18.3 Å². The van der Waals surface area contributed by atoms with Crippen molar-refractivity contribution >= 4 is 28.9 Å². The molecular formula is C22H20FN5O2. The number of nitrogens with one attached hydrogen (secondary N) is 4. The molecule has 1 unspecified atom stereocenters. The molecule has 1 amide bonds. The molecule has 30 heavy (non-hydrogen) atoms. The summed E-state index contributed by atoms with van der Waals surface area (Å²) in [4.78, 5) is 32.2. The Hall–Kier alpha value is -3.52. The molecule has 0 saturated heterocycles. The summed E-state index contributed by atoms with van der Waals surface area (Å²) in [6.45, 7) is 0.829. The van der Waals surface area contributed by atoms with E-state index in [4.69, 9.17) is 0 Å². The van der Waals surface area contributed by atoms with Crippen molar-refractivity contribution in [2.24, 2.45) is 5.92 Å². The molecule has 2 aromatic heterocycles. The van der Waals surface area contributed by atoms with Gasteiger partial charge in [0.25, 0.3) is 0 Å². The number of pyridine rings is 1. The second-order valence-corrected chi connectivity index (χ2v) is 7.52. The molecule has 3 heterocycles. The second-order valence-electron chi connectivity index (χ2n) is 7.52. The highest BCUT2D eigenvalue weighted by molar-refractivity contribution is 6.08. The average molecular weight is 405 g/mol. The van der Waals surface area contributed by atoms with Crippen LogP contribution in [0.3, 0.4) is 0 Å². The summed E-state index contributed by atoms with van der Waals surface area (Å²) in [6.07, 6.45) is 0.773. The lowest BCUT2D eigenvalue weighted by Gasteiger charge is -2.14. The van der Waals surface area contributed by atoms with Gasteiger partial charge in [-0.2, -0.15) is 0 Å². The molecule has 3 aromatic rings. The first-order valence-corrected chi connectivity index (χ1v) is 9.82. The van der Waals surface area contributed by atoms with Crippen LogP contribution >= 0.6 is 0 Å². The van der Waals surface area contributed by atoms with Crippen molar-refractivity contribution in [2.75, 3.05) is 17.2 Å². The maximum absolute atomic E-state index is 13.2. The van der Waals surface area contributed by atoms with Crippen LogP contribution in [-0.4, -0.2) is 34.4 Å². The molecule has 4 N–H and O–H groups in total. The number of anilines is 3. The summed E-state index contributed by atoms with van der Waals surface area (Å²) in [5.41, 5.74) is 4.48. The van der Waals surface area contributed by atoms with Crippen LogP contribution in [0.4, 0.5) is 21.6 Å². The number of rotatable bonds is 5. The van der Waals surface area contributed by atoms with E-state index in [-0.39, 0.29) is 24.7 Å². The highest BCUT2D eigenvalue weighted by atomic mass is 19.1. The number of Topliss-reactive ketones (excluding diaryl/α,β-unsaturated/α-hetero) is 1. The van der Waals surface area contributed by atoms with Crippen LogP contribution in [0.25, 0.3) is 11.3 Å². The van der Waals surface area contributed by atoms with Gasteiger partial charge in [-0.15, -0.1) is 0 Å². The Morgan fingerprint density at radius 3 is 2.73 bits per heavy atom. The van der Waals surface area contributed by atoms with Crippen LogP contribution in [0.15, 0.2) is 48.7 Å². The Bertz CT molecular complexity index is 1130. The number of carbonyl (C=O) groups excluding carboxylic acids is 2. The molecule has 1 saturated carbocycles. The Morgan fingerprint density at radius 2 is 1.97 bits per heavy atom. The molecule has 0 radical (unpaired) electrons. The molecule has 0 bridgehead atoms. The summed E-state index contributed by atoms with van der Waals surface area (Å²) < 4.78 is 13.2. The van der Waals surface area contributed by atoms with E-state index < -0.39 is 12.1 Å². The molecular weight excluding hydrogens is 385 g/mol. The quantitative estimate of drug-likeness (QED) is 0.522.